The smallest absolute Gasteiger partial charge is 0.316 e. The van der Waals surface area contributed by atoms with Gasteiger partial charge < -0.3 is 31.3 Å². The number of nitrogen functional groups attached to an aromatic ring is 1. The van der Waals surface area contributed by atoms with Gasteiger partial charge >= 0.3 is 6.03 Å². The van der Waals surface area contributed by atoms with Gasteiger partial charge in [-0.15, -0.1) is 0 Å². The van der Waals surface area contributed by atoms with Crippen molar-refractivity contribution in [3.05, 3.63) is 12.1 Å². The highest BCUT2D eigenvalue weighted by Crippen LogP contribution is 2.34. The minimum atomic E-state index is -0.198. The van der Waals surface area contributed by atoms with Crippen LogP contribution in [0.3, 0.4) is 0 Å². The lowest BCUT2D eigenvalue weighted by molar-refractivity contribution is -0.118. The highest BCUT2D eigenvalue weighted by Gasteiger charge is 2.17. The number of hydrogen-bond acceptors (Lipinski definition) is 5. The van der Waals surface area contributed by atoms with E-state index >= 15 is 0 Å². The zero-order valence-electron chi connectivity index (χ0n) is 12.0. The van der Waals surface area contributed by atoms with Gasteiger partial charge in [-0.25, -0.2) is 4.79 Å². The van der Waals surface area contributed by atoms with E-state index in [2.05, 4.69) is 16.0 Å². The van der Waals surface area contributed by atoms with Gasteiger partial charge in [0.1, 0.15) is 5.75 Å². The third kappa shape index (κ3) is 3.68. The van der Waals surface area contributed by atoms with Crippen molar-refractivity contribution in [3.63, 3.8) is 0 Å². The molecule has 2 rings (SSSR count). The van der Waals surface area contributed by atoms with Gasteiger partial charge in [-0.3, -0.25) is 4.79 Å². The Balaban J connectivity index is 1.93. The Morgan fingerprint density at radius 1 is 1.43 bits per heavy atom. The second-order valence-corrected chi connectivity index (χ2v) is 4.83. The van der Waals surface area contributed by atoms with Crippen molar-refractivity contribution in [2.75, 3.05) is 50.2 Å². The Hall–Kier alpha value is -2.64. The number of nitrogens with zero attached hydrogens (tertiary/aromatic N) is 1. The molecular formula is C13H19N5O3. The van der Waals surface area contributed by atoms with E-state index in [0.29, 0.717) is 35.9 Å². The first-order valence-electron chi connectivity index (χ1n) is 6.52. The normalized spacial score (nSPS) is 12.8. The number of ether oxygens (including phenoxy) is 1. The molecular weight excluding hydrogens is 274 g/mol. The summed E-state index contributed by atoms with van der Waals surface area (Å²) in [6.45, 7) is 0.962. The molecule has 3 amide bonds. The number of nitrogens with one attached hydrogen (secondary N) is 3. The molecule has 0 saturated carbocycles. The summed E-state index contributed by atoms with van der Waals surface area (Å²) in [4.78, 5) is 24.1. The van der Waals surface area contributed by atoms with Gasteiger partial charge in [-0.05, 0) is 6.07 Å². The molecule has 5 N–H and O–H groups in total. The first-order valence-corrected chi connectivity index (χ1v) is 6.52. The van der Waals surface area contributed by atoms with Crippen molar-refractivity contribution in [2.24, 2.45) is 0 Å². The zero-order chi connectivity index (χ0) is 15.4. The molecule has 0 radical (unpaired) electrons. The maximum absolute atomic E-state index is 11.3. The summed E-state index contributed by atoms with van der Waals surface area (Å²) in [6.07, 6.45) is 0. The number of carbonyl (C=O) groups is 2. The van der Waals surface area contributed by atoms with Crippen molar-refractivity contribution >= 4 is 29.0 Å². The van der Waals surface area contributed by atoms with Crippen LogP contribution in [0.5, 0.6) is 5.75 Å². The Bertz CT molecular complexity index is 559. The van der Waals surface area contributed by atoms with Crippen LogP contribution < -0.4 is 26.4 Å². The number of carbonyl (C=O) groups excluding carboxylic acids is 2. The molecule has 0 fully saturated rings. The van der Waals surface area contributed by atoms with E-state index in [1.54, 1.807) is 26.2 Å². The second-order valence-electron chi connectivity index (χ2n) is 4.83. The molecule has 8 heteroatoms. The van der Waals surface area contributed by atoms with Gasteiger partial charge in [-0.2, -0.15) is 0 Å². The number of amides is 3. The van der Waals surface area contributed by atoms with Crippen LogP contribution in [0.25, 0.3) is 0 Å². The summed E-state index contributed by atoms with van der Waals surface area (Å²) in [5, 5.41) is 8.55. The summed E-state index contributed by atoms with van der Waals surface area (Å²) in [6, 6.07) is 3.22. The lowest BCUT2D eigenvalue weighted by Crippen LogP contribution is -2.37. The second kappa shape index (κ2) is 6.21. The third-order valence-electron chi connectivity index (χ3n) is 2.91. The Kier molecular flexibility index (Phi) is 4.36. The monoisotopic (exact) mass is 293 g/mol. The summed E-state index contributed by atoms with van der Waals surface area (Å²) < 4.78 is 5.27. The van der Waals surface area contributed by atoms with E-state index in [1.807, 2.05) is 0 Å². The molecule has 1 heterocycles. The number of hydrogen-bond donors (Lipinski definition) is 4. The van der Waals surface area contributed by atoms with E-state index in [4.69, 9.17) is 10.5 Å². The SMILES string of the molecule is CN(C)C(=O)NCCNc1cc2c(cc1N)OCC(=O)N2. The summed E-state index contributed by atoms with van der Waals surface area (Å²) in [7, 11) is 3.35. The minimum Gasteiger partial charge on any atom is -0.482 e. The van der Waals surface area contributed by atoms with Crippen molar-refractivity contribution in [2.45, 2.75) is 0 Å². The number of rotatable bonds is 4. The molecule has 0 bridgehead atoms. The quantitative estimate of drug-likeness (QED) is 0.471. The molecule has 21 heavy (non-hydrogen) atoms. The van der Waals surface area contributed by atoms with Crippen LogP contribution in [0.1, 0.15) is 0 Å². The topological polar surface area (TPSA) is 109 Å². The van der Waals surface area contributed by atoms with Crippen molar-refractivity contribution in [1.29, 1.82) is 0 Å². The lowest BCUT2D eigenvalue weighted by Gasteiger charge is -2.20. The van der Waals surface area contributed by atoms with E-state index in [9.17, 15) is 9.59 Å². The van der Waals surface area contributed by atoms with Crippen LogP contribution in [0.4, 0.5) is 21.9 Å². The standard InChI is InChI=1S/C13H19N5O3/c1-18(2)13(20)16-4-3-15-9-6-10-11(5-8(9)14)21-7-12(19)17-10/h5-6,15H,3-4,7,14H2,1-2H3,(H,16,20)(H,17,19). The largest absolute Gasteiger partial charge is 0.482 e. The molecule has 0 saturated heterocycles. The average Bonchev–Trinajstić information content (AvgIpc) is 2.43. The first kappa shape index (κ1) is 14.8. The fourth-order valence-corrected chi connectivity index (χ4v) is 1.82. The van der Waals surface area contributed by atoms with Gasteiger partial charge in [-0.1, -0.05) is 0 Å². The van der Waals surface area contributed by atoms with Crippen LogP contribution in [0, 0.1) is 0 Å². The average molecular weight is 293 g/mol. The molecule has 0 unspecified atom stereocenters. The number of fused-ring (bicyclic) bond motifs is 1. The predicted octanol–water partition coefficient (Wildman–Crippen LogP) is 0.283. The fraction of sp³-hybridized carbons (Fsp3) is 0.385. The molecule has 0 spiro atoms. The molecule has 8 nitrogen and oxygen atoms in total. The van der Waals surface area contributed by atoms with Crippen molar-refractivity contribution < 1.29 is 14.3 Å². The number of nitrogens with two attached hydrogens (primary N) is 1. The van der Waals surface area contributed by atoms with E-state index < -0.39 is 0 Å². The lowest BCUT2D eigenvalue weighted by atomic mass is 10.2. The summed E-state index contributed by atoms with van der Waals surface area (Å²) in [5.74, 6) is 0.357. The predicted molar refractivity (Wildman–Crippen MR) is 80.6 cm³/mol. The van der Waals surface area contributed by atoms with Crippen molar-refractivity contribution in [1.82, 2.24) is 10.2 Å². The minimum absolute atomic E-state index is 0.00418. The van der Waals surface area contributed by atoms with Crippen LogP contribution in [0.15, 0.2) is 12.1 Å². The molecule has 0 aliphatic carbocycles. The summed E-state index contributed by atoms with van der Waals surface area (Å²) in [5.41, 5.74) is 7.70. The molecule has 1 aromatic rings. The highest BCUT2D eigenvalue weighted by molar-refractivity contribution is 5.97. The molecule has 0 aromatic heterocycles. The highest BCUT2D eigenvalue weighted by atomic mass is 16.5. The number of benzene rings is 1. The Labute approximate surface area is 122 Å². The zero-order valence-corrected chi connectivity index (χ0v) is 12.0. The number of urea groups is 1. The molecule has 1 aliphatic rings. The molecule has 114 valence electrons. The molecule has 1 aliphatic heterocycles. The van der Waals surface area contributed by atoms with Crippen LogP contribution >= 0.6 is 0 Å². The number of anilines is 3. The third-order valence-corrected chi connectivity index (χ3v) is 2.91. The molecule has 0 atom stereocenters. The van der Waals surface area contributed by atoms with Gasteiger partial charge in [0, 0.05) is 33.3 Å². The van der Waals surface area contributed by atoms with Gasteiger partial charge in [0.05, 0.1) is 17.1 Å². The maximum Gasteiger partial charge on any atom is 0.316 e. The fourth-order valence-electron chi connectivity index (χ4n) is 1.82. The Morgan fingerprint density at radius 2 is 2.19 bits per heavy atom. The van der Waals surface area contributed by atoms with E-state index in [1.165, 1.54) is 4.90 Å². The summed E-state index contributed by atoms with van der Waals surface area (Å²) >= 11 is 0. The van der Waals surface area contributed by atoms with Crippen LogP contribution in [-0.4, -0.2) is 50.6 Å². The van der Waals surface area contributed by atoms with Crippen LogP contribution in [-0.2, 0) is 4.79 Å². The van der Waals surface area contributed by atoms with E-state index in [0.717, 1.165) is 0 Å². The molecule has 1 aromatic carbocycles. The van der Waals surface area contributed by atoms with E-state index in [-0.39, 0.29) is 18.5 Å². The van der Waals surface area contributed by atoms with Gasteiger partial charge in [0.15, 0.2) is 6.61 Å². The van der Waals surface area contributed by atoms with Gasteiger partial charge in [0.2, 0.25) is 0 Å². The first-order chi connectivity index (χ1) is 9.97. The maximum atomic E-state index is 11.3. The Morgan fingerprint density at radius 3 is 2.90 bits per heavy atom. The van der Waals surface area contributed by atoms with Gasteiger partial charge in [0.25, 0.3) is 5.91 Å². The van der Waals surface area contributed by atoms with Crippen molar-refractivity contribution in [3.8, 4) is 5.75 Å². The van der Waals surface area contributed by atoms with Crippen LogP contribution in [0.2, 0.25) is 0 Å².